The Hall–Kier alpha value is -3.68. The molecule has 0 atom stereocenters. The molecule has 126 valence electrons. The maximum atomic E-state index is 12.8. The van der Waals surface area contributed by atoms with Crippen LogP contribution >= 0.6 is 0 Å². The first-order valence-corrected chi connectivity index (χ1v) is 7.34. The summed E-state index contributed by atoms with van der Waals surface area (Å²) in [7, 11) is 0. The van der Waals surface area contributed by atoms with Crippen molar-refractivity contribution in [2.24, 2.45) is 10.2 Å². The van der Waals surface area contributed by atoms with Crippen LogP contribution in [0.1, 0.15) is 27.2 Å². The van der Waals surface area contributed by atoms with Crippen LogP contribution in [-0.4, -0.2) is 22.5 Å². The normalized spacial score (nSPS) is 12.7. The standard InChI is InChI=1S/C14H13N9O2/c15-13-11-7-23(2-1-12(11)20-25-13)14(24)9-3-8(6-18-21-16)4-10(5-9)19-22-17/h3-5H,1-2,6-7,15H2. The summed E-state index contributed by atoms with van der Waals surface area (Å²) in [5, 5.41) is 10.9. The van der Waals surface area contributed by atoms with E-state index in [1.807, 2.05) is 0 Å². The summed E-state index contributed by atoms with van der Waals surface area (Å²) >= 11 is 0. The summed E-state index contributed by atoms with van der Waals surface area (Å²) in [5.41, 5.74) is 25.5. The van der Waals surface area contributed by atoms with Crippen LogP contribution in [0.15, 0.2) is 33.0 Å². The van der Waals surface area contributed by atoms with Gasteiger partial charge in [-0.25, -0.2) is 0 Å². The van der Waals surface area contributed by atoms with Gasteiger partial charge in [-0.1, -0.05) is 15.4 Å². The highest BCUT2D eigenvalue weighted by Crippen LogP contribution is 2.26. The first kappa shape index (κ1) is 16.2. The lowest BCUT2D eigenvalue weighted by Crippen LogP contribution is -2.36. The Balaban J connectivity index is 1.91. The van der Waals surface area contributed by atoms with Gasteiger partial charge < -0.3 is 15.2 Å². The predicted molar refractivity (Wildman–Crippen MR) is 87.5 cm³/mol. The zero-order chi connectivity index (χ0) is 17.8. The van der Waals surface area contributed by atoms with Gasteiger partial charge in [-0.2, -0.15) is 0 Å². The number of aromatic nitrogens is 1. The Bertz CT molecular complexity index is 922. The summed E-state index contributed by atoms with van der Waals surface area (Å²) in [6.45, 7) is 0.810. The Labute approximate surface area is 141 Å². The maximum absolute atomic E-state index is 12.8. The van der Waals surface area contributed by atoms with Gasteiger partial charge in [-0.3, -0.25) is 4.79 Å². The summed E-state index contributed by atoms with van der Waals surface area (Å²) in [4.78, 5) is 19.9. The van der Waals surface area contributed by atoms with Crippen LogP contribution in [0.3, 0.4) is 0 Å². The Morgan fingerprint density at radius 2 is 2.20 bits per heavy atom. The van der Waals surface area contributed by atoms with Crippen molar-refractivity contribution in [2.75, 3.05) is 12.3 Å². The van der Waals surface area contributed by atoms with Crippen molar-refractivity contribution in [1.82, 2.24) is 10.1 Å². The van der Waals surface area contributed by atoms with Crippen LogP contribution in [0.5, 0.6) is 0 Å². The number of carbonyl (C=O) groups is 1. The number of amides is 1. The van der Waals surface area contributed by atoms with E-state index in [9.17, 15) is 4.79 Å². The van der Waals surface area contributed by atoms with Crippen LogP contribution in [0, 0.1) is 0 Å². The van der Waals surface area contributed by atoms with Gasteiger partial charge in [-0.05, 0) is 34.8 Å². The first-order valence-electron chi connectivity index (χ1n) is 7.34. The Morgan fingerprint density at radius 3 is 2.96 bits per heavy atom. The summed E-state index contributed by atoms with van der Waals surface area (Å²) in [5.74, 6) is -0.0391. The van der Waals surface area contributed by atoms with Gasteiger partial charge in [0.05, 0.1) is 24.3 Å². The number of nitrogen functional groups attached to an aromatic ring is 1. The molecule has 1 aliphatic heterocycles. The zero-order valence-electron chi connectivity index (χ0n) is 13.0. The van der Waals surface area contributed by atoms with E-state index in [1.165, 1.54) is 6.07 Å². The lowest BCUT2D eigenvalue weighted by atomic mass is 10.0. The number of benzene rings is 1. The third kappa shape index (κ3) is 3.32. The van der Waals surface area contributed by atoms with Gasteiger partial charge in [0.25, 0.3) is 5.91 Å². The lowest BCUT2D eigenvalue weighted by molar-refractivity contribution is 0.0734. The molecule has 0 saturated carbocycles. The molecule has 1 aromatic heterocycles. The lowest BCUT2D eigenvalue weighted by Gasteiger charge is -2.26. The van der Waals surface area contributed by atoms with Gasteiger partial charge in [0, 0.05) is 34.0 Å². The van der Waals surface area contributed by atoms with E-state index in [4.69, 9.17) is 21.3 Å². The minimum atomic E-state index is -0.247. The van der Waals surface area contributed by atoms with Crippen LogP contribution in [0.2, 0.25) is 0 Å². The molecule has 0 bridgehead atoms. The second kappa shape index (κ2) is 6.83. The van der Waals surface area contributed by atoms with Crippen molar-refractivity contribution in [3.8, 4) is 0 Å². The number of nitrogens with two attached hydrogens (primary N) is 1. The summed E-state index contributed by atoms with van der Waals surface area (Å²) < 4.78 is 4.95. The molecule has 2 heterocycles. The van der Waals surface area contributed by atoms with Crippen molar-refractivity contribution in [3.63, 3.8) is 0 Å². The Morgan fingerprint density at radius 1 is 1.36 bits per heavy atom. The molecule has 2 aromatic rings. The number of hydrogen-bond donors (Lipinski definition) is 1. The van der Waals surface area contributed by atoms with E-state index in [0.717, 1.165) is 5.69 Å². The number of fused-ring (bicyclic) bond motifs is 1. The number of anilines is 1. The average Bonchev–Trinajstić information content (AvgIpc) is 3.00. The van der Waals surface area contributed by atoms with Gasteiger partial charge in [0.15, 0.2) is 0 Å². The van der Waals surface area contributed by atoms with Gasteiger partial charge >= 0.3 is 0 Å². The van der Waals surface area contributed by atoms with Crippen molar-refractivity contribution < 1.29 is 9.32 Å². The zero-order valence-corrected chi connectivity index (χ0v) is 13.0. The van der Waals surface area contributed by atoms with Crippen LogP contribution < -0.4 is 5.73 Å². The largest absolute Gasteiger partial charge is 0.367 e. The van der Waals surface area contributed by atoms with Crippen LogP contribution in [-0.2, 0) is 19.5 Å². The number of carbonyl (C=O) groups excluding carboxylic acids is 1. The van der Waals surface area contributed by atoms with Crippen LogP contribution in [0.4, 0.5) is 11.6 Å². The molecule has 11 nitrogen and oxygen atoms in total. The number of azide groups is 2. The van der Waals surface area contributed by atoms with E-state index in [1.54, 1.807) is 17.0 Å². The Kier molecular flexibility index (Phi) is 4.42. The third-order valence-corrected chi connectivity index (χ3v) is 3.86. The molecular weight excluding hydrogens is 326 g/mol. The molecule has 11 heteroatoms. The average molecular weight is 339 g/mol. The molecule has 3 rings (SSSR count). The molecule has 2 N–H and O–H groups in total. The fraction of sp³-hybridized carbons (Fsp3) is 0.286. The van der Waals surface area contributed by atoms with Crippen molar-refractivity contribution in [3.05, 3.63) is 61.5 Å². The van der Waals surface area contributed by atoms with E-state index in [0.29, 0.717) is 36.2 Å². The van der Waals surface area contributed by atoms with E-state index in [2.05, 4.69) is 25.2 Å². The second-order valence-electron chi connectivity index (χ2n) is 5.42. The predicted octanol–water partition coefficient (Wildman–Crippen LogP) is 3.21. The number of hydrogen-bond acceptors (Lipinski definition) is 6. The molecule has 0 spiro atoms. The van der Waals surface area contributed by atoms with Gasteiger partial charge in [0.1, 0.15) is 0 Å². The van der Waals surface area contributed by atoms with E-state index >= 15 is 0 Å². The monoisotopic (exact) mass is 339 g/mol. The highest BCUT2D eigenvalue weighted by Gasteiger charge is 2.26. The van der Waals surface area contributed by atoms with Gasteiger partial charge in [-0.15, -0.1) is 0 Å². The topological polar surface area (TPSA) is 170 Å². The molecule has 0 unspecified atom stereocenters. The molecule has 1 amide bonds. The maximum Gasteiger partial charge on any atom is 0.254 e. The molecule has 0 aliphatic carbocycles. The fourth-order valence-electron chi connectivity index (χ4n) is 2.70. The van der Waals surface area contributed by atoms with Crippen molar-refractivity contribution in [2.45, 2.75) is 19.5 Å². The molecular formula is C14H13N9O2. The highest BCUT2D eigenvalue weighted by atomic mass is 16.5. The summed E-state index contributed by atoms with van der Waals surface area (Å²) in [6, 6.07) is 4.67. The minimum Gasteiger partial charge on any atom is -0.367 e. The minimum absolute atomic E-state index is 0.0499. The van der Waals surface area contributed by atoms with Crippen LogP contribution in [0.25, 0.3) is 20.9 Å². The summed E-state index contributed by atoms with van der Waals surface area (Å²) in [6.07, 6.45) is 0.545. The molecule has 0 saturated heterocycles. The molecule has 1 aromatic carbocycles. The quantitative estimate of drug-likeness (QED) is 0.512. The van der Waals surface area contributed by atoms with Crippen molar-refractivity contribution >= 4 is 17.5 Å². The number of nitrogens with zero attached hydrogens (tertiary/aromatic N) is 8. The van der Waals surface area contributed by atoms with Crippen molar-refractivity contribution in [1.29, 1.82) is 0 Å². The smallest absolute Gasteiger partial charge is 0.254 e. The van der Waals surface area contributed by atoms with E-state index < -0.39 is 0 Å². The fourth-order valence-corrected chi connectivity index (χ4v) is 2.70. The van der Waals surface area contributed by atoms with E-state index in [-0.39, 0.29) is 24.0 Å². The SMILES string of the molecule is [N-]=[N+]=NCc1cc(N=[N+]=[N-])cc(C(=O)N2CCc3noc(N)c3C2)c1. The second-order valence-corrected chi connectivity index (χ2v) is 5.42. The third-order valence-electron chi connectivity index (χ3n) is 3.86. The molecule has 0 radical (unpaired) electrons. The van der Waals surface area contributed by atoms with Gasteiger partial charge in [0.2, 0.25) is 5.88 Å². The number of rotatable bonds is 4. The molecule has 25 heavy (non-hydrogen) atoms. The molecule has 1 aliphatic rings. The first-order chi connectivity index (χ1) is 12.1. The highest BCUT2D eigenvalue weighted by molar-refractivity contribution is 5.95. The molecule has 0 fully saturated rings.